The zero-order chi connectivity index (χ0) is 13.8. The summed E-state index contributed by atoms with van der Waals surface area (Å²) >= 11 is 0. The molecule has 6 heteroatoms. The third-order valence-corrected chi connectivity index (χ3v) is 3.06. The second-order valence-corrected chi connectivity index (χ2v) is 4.61. The van der Waals surface area contributed by atoms with Crippen molar-refractivity contribution in [2.45, 2.75) is 18.9 Å². The SMILES string of the molecule is N[C@@H]1CCCN(C(=O)COc2ccc(F)cc2F)C1. The summed E-state index contributed by atoms with van der Waals surface area (Å²) in [4.78, 5) is 13.5. The van der Waals surface area contributed by atoms with Gasteiger partial charge in [0.15, 0.2) is 18.2 Å². The summed E-state index contributed by atoms with van der Waals surface area (Å²) in [7, 11) is 0. The fourth-order valence-corrected chi connectivity index (χ4v) is 2.06. The molecule has 1 heterocycles. The average molecular weight is 270 g/mol. The van der Waals surface area contributed by atoms with Gasteiger partial charge in [-0.05, 0) is 25.0 Å². The van der Waals surface area contributed by atoms with Crippen molar-refractivity contribution in [3.63, 3.8) is 0 Å². The van der Waals surface area contributed by atoms with Crippen LogP contribution < -0.4 is 10.5 Å². The van der Waals surface area contributed by atoms with Crippen LogP contribution in [0.3, 0.4) is 0 Å². The molecule has 19 heavy (non-hydrogen) atoms. The number of piperidine rings is 1. The zero-order valence-electron chi connectivity index (χ0n) is 10.4. The van der Waals surface area contributed by atoms with Crippen molar-refractivity contribution in [3.8, 4) is 5.75 Å². The fraction of sp³-hybridized carbons (Fsp3) is 0.462. The number of carbonyl (C=O) groups excluding carboxylic acids is 1. The Morgan fingerprint density at radius 2 is 2.26 bits per heavy atom. The largest absolute Gasteiger partial charge is 0.481 e. The van der Waals surface area contributed by atoms with E-state index in [1.54, 1.807) is 4.90 Å². The highest BCUT2D eigenvalue weighted by Crippen LogP contribution is 2.18. The van der Waals surface area contributed by atoms with Crippen molar-refractivity contribution in [2.24, 2.45) is 5.73 Å². The van der Waals surface area contributed by atoms with Crippen LogP contribution in [0.4, 0.5) is 8.78 Å². The van der Waals surface area contributed by atoms with Gasteiger partial charge in [0.25, 0.3) is 5.91 Å². The summed E-state index contributed by atoms with van der Waals surface area (Å²) in [5.74, 6) is -1.86. The van der Waals surface area contributed by atoms with Gasteiger partial charge in [0.2, 0.25) is 0 Å². The van der Waals surface area contributed by atoms with Crippen molar-refractivity contribution in [3.05, 3.63) is 29.8 Å². The van der Waals surface area contributed by atoms with Gasteiger partial charge in [-0.2, -0.15) is 0 Å². The Morgan fingerprint density at radius 3 is 2.95 bits per heavy atom. The highest BCUT2D eigenvalue weighted by molar-refractivity contribution is 5.77. The molecule has 0 bridgehead atoms. The van der Waals surface area contributed by atoms with Gasteiger partial charge in [-0.3, -0.25) is 4.79 Å². The minimum atomic E-state index is -0.817. The van der Waals surface area contributed by atoms with Crippen LogP contribution in [0.5, 0.6) is 5.75 Å². The second-order valence-electron chi connectivity index (χ2n) is 4.61. The van der Waals surface area contributed by atoms with E-state index >= 15 is 0 Å². The van der Waals surface area contributed by atoms with E-state index in [0.717, 1.165) is 25.0 Å². The predicted molar refractivity (Wildman–Crippen MR) is 65.6 cm³/mol. The molecule has 0 unspecified atom stereocenters. The Balaban J connectivity index is 1.89. The van der Waals surface area contributed by atoms with E-state index in [2.05, 4.69) is 0 Å². The Bertz CT molecular complexity index is 468. The van der Waals surface area contributed by atoms with Crippen molar-refractivity contribution >= 4 is 5.91 Å². The third-order valence-electron chi connectivity index (χ3n) is 3.06. The second kappa shape index (κ2) is 5.97. The average Bonchev–Trinajstić information content (AvgIpc) is 2.37. The lowest BCUT2D eigenvalue weighted by Crippen LogP contribution is -2.47. The van der Waals surface area contributed by atoms with E-state index in [0.29, 0.717) is 13.1 Å². The molecule has 0 aromatic heterocycles. The van der Waals surface area contributed by atoms with E-state index in [1.807, 2.05) is 0 Å². The van der Waals surface area contributed by atoms with E-state index in [-0.39, 0.29) is 24.3 Å². The van der Waals surface area contributed by atoms with E-state index in [4.69, 9.17) is 10.5 Å². The zero-order valence-corrected chi connectivity index (χ0v) is 10.4. The summed E-state index contributed by atoms with van der Waals surface area (Å²) in [5, 5.41) is 0. The molecule has 1 aliphatic heterocycles. The minimum absolute atomic E-state index is 0.0137. The monoisotopic (exact) mass is 270 g/mol. The lowest BCUT2D eigenvalue weighted by Gasteiger charge is -2.30. The van der Waals surface area contributed by atoms with E-state index in [9.17, 15) is 13.6 Å². The first-order chi connectivity index (χ1) is 9.06. The third kappa shape index (κ3) is 3.64. The summed E-state index contributed by atoms with van der Waals surface area (Å²) < 4.78 is 31.1. The molecule has 0 aliphatic carbocycles. The topological polar surface area (TPSA) is 55.6 Å². The van der Waals surface area contributed by atoms with Crippen LogP contribution in [0, 0.1) is 11.6 Å². The Kier molecular flexibility index (Phi) is 4.31. The highest BCUT2D eigenvalue weighted by Gasteiger charge is 2.21. The van der Waals surface area contributed by atoms with E-state index in [1.165, 1.54) is 6.07 Å². The van der Waals surface area contributed by atoms with Crippen LogP contribution in [0.15, 0.2) is 18.2 Å². The van der Waals surface area contributed by atoms with Crippen LogP contribution in [-0.2, 0) is 4.79 Å². The molecule has 1 fully saturated rings. The van der Waals surface area contributed by atoms with Crippen LogP contribution in [0.2, 0.25) is 0 Å². The lowest BCUT2D eigenvalue weighted by molar-refractivity contribution is -0.134. The summed E-state index contributed by atoms with van der Waals surface area (Å²) in [6.45, 7) is 0.866. The minimum Gasteiger partial charge on any atom is -0.481 e. The molecule has 104 valence electrons. The molecule has 0 radical (unpaired) electrons. The van der Waals surface area contributed by atoms with Gasteiger partial charge in [-0.15, -0.1) is 0 Å². The number of nitrogens with zero attached hydrogens (tertiary/aromatic N) is 1. The van der Waals surface area contributed by atoms with Gasteiger partial charge in [-0.1, -0.05) is 0 Å². The quantitative estimate of drug-likeness (QED) is 0.900. The number of halogens is 2. The number of rotatable bonds is 3. The van der Waals surface area contributed by atoms with Crippen LogP contribution in [0.25, 0.3) is 0 Å². The number of hydrogen-bond donors (Lipinski definition) is 1. The van der Waals surface area contributed by atoms with Gasteiger partial charge in [0.05, 0.1) is 0 Å². The molecular weight excluding hydrogens is 254 g/mol. The Morgan fingerprint density at radius 1 is 1.47 bits per heavy atom. The molecule has 0 spiro atoms. The van der Waals surface area contributed by atoms with Crippen molar-refractivity contribution < 1.29 is 18.3 Å². The molecule has 1 aromatic carbocycles. The molecule has 0 saturated carbocycles. The van der Waals surface area contributed by atoms with Gasteiger partial charge in [0.1, 0.15) is 5.82 Å². The molecule has 2 N–H and O–H groups in total. The first-order valence-electron chi connectivity index (χ1n) is 6.17. The standard InChI is InChI=1S/C13H16F2N2O2/c14-9-3-4-12(11(15)6-9)19-8-13(18)17-5-1-2-10(16)7-17/h3-4,6,10H,1-2,5,7-8,16H2/t10-/m1/s1. The number of amides is 1. The van der Waals surface area contributed by atoms with E-state index < -0.39 is 11.6 Å². The fourth-order valence-electron chi connectivity index (χ4n) is 2.06. The summed E-state index contributed by atoms with van der Waals surface area (Å²) in [5.41, 5.74) is 5.77. The summed E-state index contributed by atoms with van der Waals surface area (Å²) in [6.07, 6.45) is 1.76. The maximum Gasteiger partial charge on any atom is 0.260 e. The number of nitrogens with two attached hydrogens (primary N) is 1. The molecule has 1 atom stereocenters. The Hall–Kier alpha value is -1.69. The predicted octanol–water partition coefficient (Wildman–Crippen LogP) is 1.29. The molecule has 1 aromatic rings. The van der Waals surface area contributed by atoms with Crippen LogP contribution in [0.1, 0.15) is 12.8 Å². The molecule has 2 rings (SSSR count). The lowest BCUT2D eigenvalue weighted by atomic mass is 10.1. The smallest absolute Gasteiger partial charge is 0.260 e. The number of ether oxygens (including phenoxy) is 1. The number of benzene rings is 1. The number of likely N-dealkylation sites (tertiary alicyclic amines) is 1. The molecule has 1 saturated heterocycles. The van der Waals surface area contributed by atoms with Crippen LogP contribution >= 0.6 is 0 Å². The maximum absolute atomic E-state index is 13.3. The van der Waals surface area contributed by atoms with Crippen molar-refractivity contribution in [1.29, 1.82) is 0 Å². The van der Waals surface area contributed by atoms with Gasteiger partial charge in [-0.25, -0.2) is 8.78 Å². The first kappa shape index (κ1) is 13.7. The molecule has 4 nitrogen and oxygen atoms in total. The summed E-state index contributed by atoms with van der Waals surface area (Å²) in [6, 6.07) is 2.95. The molecular formula is C13H16F2N2O2. The van der Waals surface area contributed by atoms with Gasteiger partial charge in [0, 0.05) is 25.2 Å². The maximum atomic E-state index is 13.3. The molecule has 1 amide bonds. The van der Waals surface area contributed by atoms with Crippen molar-refractivity contribution in [1.82, 2.24) is 4.90 Å². The van der Waals surface area contributed by atoms with Crippen molar-refractivity contribution in [2.75, 3.05) is 19.7 Å². The van der Waals surface area contributed by atoms with Gasteiger partial charge >= 0.3 is 0 Å². The Labute approximate surface area is 110 Å². The number of carbonyl (C=O) groups is 1. The first-order valence-corrected chi connectivity index (χ1v) is 6.17. The van der Waals surface area contributed by atoms with Crippen LogP contribution in [-0.4, -0.2) is 36.5 Å². The highest BCUT2D eigenvalue weighted by atomic mass is 19.1. The van der Waals surface area contributed by atoms with Gasteiger partial charge < -0.3 is 15.4 Å². The number of hydrogen-bond acceptors (Lipinski definition) is 3. The molecule has 1 aliphatic rings. The normalized spacial score (nSPS) is 19.3.